The molecule has 1 spiro atoms. The van der Waals surface area contributed by atoms with Crippen molar-refractivity contribution in [3.8, 4) is 5.75 Å². The van der Waals surface area contributed by atoms with Crippen LogP contribution in [0.4, 0.5) is 4.79 Å². The number of nitrogens with zero attached hydrogens (tertiary/aromatic N) is 1. The molecule has 4 rings (SSSR count). The van der Waals surface area contributed by atoms with Crippen LogP contribution in [0.1, 0.15) is 50.1 Å². The normalized spacial score (nSPS) is 28.4. The topological polar surface area (TPSA) is 53.6 Å². The summed E-state index contributed by atoms with van der Waals surface area (Å²) in [7, 11) is 2.11. The number of piperidine rings is 1. The van der Waals surface area contributed by atoms with Crippen LogP contribution in [0.15, 0.2) is 24.3 Å². The number of hydrogen-bond donors (Lipinski definition) is 2. The highest BCUT2D eigenvalue weighted by Gasteiger charge is 2.45. The number of likely N-dealkylation sites (tertiary alicyclic amines) is 1. The van der Waals surface area contributed by atoms with Crippen molar-refractivity contribution in [3.63, 3.8) is 0 Å². The van der Waals surface area contributed by atoms with Crippen molar-refractivity contribution in [1.82, 2.24) is 15.5 Å². The van der Waals surface area contributed by atoms with Gasteiger partial charge in [0.2, 0.25) is 0 Å². The smallest absolute Gasteiger partial charge is 0.315 e. The average molecular weight is 329 g/mol. The van der Waals surface area contributed by atoms with Crippen molar-refractivity contribution in [2.75, 3.05) is 20.1 Å². The van der Waals surface area contributed by atoms with E-state index in [1.165, 1.54) is 6.42 Å². The average Bonchev–Trinajstić information content (AvgIpc) is 2.53. The van der Waals surface area contributed by atoms with Gasteiger partial charge in [-0.2, -0.15) is 0 Å². The third-order valence-electron chi connectivity index (χ3n) is 5.73. The Morgan fingerprint density at radius 3 is 2.83 bits per heavy atom. The van der Waals surface area contributed by atoms with Crippen LogP contribution in [-0.4, -0.2) is 42.7 Å². The van der Waals surface area contributed by atoms with Gasteiger partial charge in [0.05, 0.1) is 6.04 Å². The van der Waals surface area contributed by atoms with E-state index in [9.17, 15) is 4.79 Å². The summed E-state index contributed by atoms with van der Waals surface area (Å²) in [6.07, 6.45) is 6.48. The molecule has 5 nitrogen and oxygen atoms in total. The highest BCUT2D eigenvalue weighted by Crippen LogP contribution is 2.48. The Morgan fingerprint density at radius 1 is 1.25 bits per heavy atom. The van der Waals surface area contributed by atoms with Gasteiger partial charge < -0.3 is 20.3 Å². The van der Waals surface area contributed by atoms with Crippen molar-refractivity contribution in [2.45, 2.75) is 56.2 Å². The third-order valence-corrected chi connectivity index (χ3v) is 5.73. The maximum Gasteiger partial charge on any atom is 0.315 e. The number of amides is 2. The number of ether oxygens (including phenoxy) is 1. The number of rotatable bonds is 2. The molecule has 1 aliphatic carbocycles. The van der Waals surface area contributed by atoms with Gasteiger partial charge in [0, 0.05) is 24.6 Å². The van der Waals surface area contributed by atoms with Gasteiger partial charge in [0.25, 0.3) is 0 Å². The molecule has 2 N–H and O–H groups in total. The van der Waals surface area contributed by atoms with E-state index in [-0.39, 0.29) is 23.7 Å². The standard InChI is InChI=1S/C19H27N3O2/c1-22-11-4-6-14(13-22)20-18(23)21-16-12-19(9-5-10-19)24-17-8-3-2-7-15(16)17/h2-3,7-8,14,16H,4-6,9-13H2,1H3,(H2,20,21,23)/t14-,16+/m1/s1. The summed E-state index contributed by atoms with van der Waals surface area (Å²) in [5.41, 5.74) is 1.04. The van der Waals surface area contributed by atoms with Gasteiger partial charge >= 0.3 is 6.03 Å². The Kier molecular flexibility index (Phi) is 4.12. The molecule has 24 heavy (non-hydrogen) atoms. The summed E-state index contributed by atoms with van der Waals surface area (Å²) in [4.78, 5) is 14.8. The number of urea groups is 1. The zero-order valence-corrected chi connectivity index (χ0v) is 14.4. The molecule has 130 valence electrons. The van der Waals surface area contributed by atoms with E-state index in [1.807, 2.05) is 18.2 Å². The minimum Gasteiger partial charge on any atom is -0.487 e. The fourth-order valence-corrected chi connectivity index (χ4v) is 4.29. The molecule has 2 amide bonds. The second-order valence-electron chi connectivity index (χ2n) is 7.65. The quantitative estimate of drug-likeness (QED) is 0.877. The Hall–Kier alpha value is -1.75. The summed E-state index contributed by atoms with van der Waals surface area (Å²) in [6.45, 7) is 2.05. The van der Waals surface area contributed by atoms with Crippen molar-refractivity contribution in [1.29, 1.82) is 0 Å². The molecule has 1 saturated heterocycles. The third kappa shape index (κ3) is 3.09. The predicted molar refractivity (Wildman–Crippen MR) is 93.2 cm³/mol. The van der Waals surface area contributed by atoms with E-state index >= 15 is 0 Å². The van der Waals surface area contributed by atoms with Gasteiger partial charge in [0.15, 0.2) is 0 Å². The van der Waals surface area contributed by atoms with Gasteiger partial charge in [-0.25, -0.2) is 4.79 Å². The van der Waals surface area contributed by atoms with Crippen LogP contribution in [0.2, 0.25) is 0 Å². The molecule has 3 aliphatic rings. The molecule has 0 unspecified atom stereocenters. The monoisotopic (exact) mass is 329 g/mol. The SMILES string of the molecule is CN1CCC[C@@H](NC(=O)N[C@H]2CC3(CCC3)Oc3ccccc32)C1. The summed E-state index contributed by atoms with van der Waals surface area (Å²) in [5.74, 6) is 0.936. The van der Waals surface area contributed by atoms with E-state index in [0.29, 0.717) is 0 Å². The van der Waals surface area contributed by atoms with Crippen molar-refractivity contribution < 1.29 is 9.53 Å². The van der Waals surface area contributed by atoms with Crippen molar-refractivity contribution in [2.24, 2.45) is 0 Å². The van der Waals surface area contributed by atoms with E-state index in [0.717, 1.165) is 56.5 Å². The Balaban J connectivity index is 1.44. The van der Waals surface area contributed by atoms with Crippen molar-refractivity contribution in [3.05, 3.63) is 29.8 Å². The molecule has 2 heterocycles. The lowest BCUT2D eigenvalue weighted by molar-refractivity contribution is -0.0356. The zero-order chi connectivity index (χ0) is 16.6. The number of para-hydroxylation sites is 1. The van der Waals surface area contributed by atoms with Crippen LogP contribution < -0.4 is 15.4 Å². The van der Waals surface area contributed by atoms with Gasteiger partial charge in [-0.05, 0) is 51.8 Å². The first-order valence-electron chi connectivity index (χ1n) is 9.17. The number of hydrogen-bond acceptors (Lipinski definition) is 3. The van der Waals surface area contributed by atoms with E-state index in [4.69, 9.17) is 4.74 Å². The molecule has 1 aromatic rings. The second-order valence-corrected chi connectivity index (χ2v) is 7.65. The van der Waals surface area contributed by atoms with Gasteiger partial charge in [-0.1, -0.05) is 18.2 Å². The molecule has 2 atom stereocenters. The van der Waals surface area contributed by atoms with Gasteiger partial charge in [-0.3, -0.25) is 0 Å². The lowest BCUT2D eigenvalue weighted by Gasteiger charge is -2.48. The Morgan fingerprint density at radius 2 is 2.08 bits per heavy atom. The summed E-state index contributed by atoms with van der Waals surface area (Å²) >= 11 is 0. The van der Waals surface area contributed by atoms with Crippen LogP contribution in [0, 0.1) is 0 Å². The van der Waals surface area contributed by atoms with E-state index in [1.54, 1.807) is 0 Å². The molecule has 0 aromatic heterocycles. The van der Waals surface area contributed by atoms with Crippen LogP contribution in [0.5, 0.6) is 5.75 Å². The summed E-state index contributed by atoms with van der Waals surface area (Å²) < 4.78 is 6.25. The molecular formula is C19H27N3O2. The molecule has 0 radical (unpaired) electrons. The van der Waals surface area contributed by atoms with E-state index in [2.05, 4.69) is 28.6 Å². The van der Waals surface area contributed by atoms with Crippen LogP contribution in [0.25, 0.3) is 0 Å². The number of nitrogens with one attached hydrogen (secondary N) is 2. The van der Waals surface area contributed by atoms with E-state index < -0.39 is 0 Å². The highest BCUT2D eigenvalue weighted by molar-refractivity contribution is 5.75. The lowest BCUT2D eigenvalue weighted by atomic mass is 9.73. The Bertz CT molecular complexity index is 614. The molecule has 0 bridgehead atoms. The van der Waals surface area contributed by atoms with Gasteiger partial charge in [-0.15, -0.1) is 0 Å². The number of carbonyl (C=O) groups excluding carboxylic acids is 1. The predicted octanol–water partition coefficient (Wildman–Crippen LogP) is 2.83. The van der Waals surface area contributed by atoms with Crippen molar-refractivity contribution >= 4 is 6.03 Å². The second kappa shape index (κ2) is 6.28. The minimum atomic E-state index is -0.0582. The molecule has 2 aliphatic heterocycles. The number of likely N-dealkylation sites (N-methyl/N-ethyl adjacent to an activating group) is 1. The first-order chi connectivity index (χ1) is 11.6. The van der Waals surface area contributed by atoms with Crippen LogP contribution >= 0.6 is 0 Å². The highest BCUT2D eigenvalue weighted by atomic mass is 16.5. The fourth-order valence-electron chi connectivity index (χ4n) is 4.29. The molecule has 2 fully saturated rings. The Labute approximate surface area is 143 Å². The van der Waals surface area contributed by atoms with Crippen LogP contribution in [0.3, 0.4) is 0 Å². The molecule has 1 saturated carbocycles. The maximum atomic E-state index is 12.5. The lowest BCUT2D eigenvalue weighted by Crippen LogP contribution is -2.53. The fraction of sp³-hybridized carbons (Fsp3) is 0.632. The molecule has 5 heteroatoms. The zero-order valence-electron chi connectivity index (χ0n) is 14.4. The first-order valence-corrected chi connectivity index (χ1v) is 9.17. The minimum absolute atomic E-state index is 0.0385. The molecular weight excluding hydrogens is 302 g/mol. The number of benzene rings is 1. The van der Waals surface area contributed by atoms with Gasteiger partial charge in [0.1, 0.15) is 11.4 Å². The number of fused-ring (bicyclic) bond motifs is 1. The summed E-state index contributed by atoms with van der Waals surface area (Å²) in [6, 6.07) is 8.35. The van der Waals surface area contributed by atoms with Crippen LogP contribution in [-0.2, 0) is 0 Å². The molecule has 1 aromatic carbocycles. The largest absolute Gasteiger partial charge is 0.487 e. The summed E-state index contributed by atoms with van der Waals surface area (Å²) in [5, 5.41) is 6.37. The first kappa shape index (κ1) is 15.8. The maximum absolute atomic E-state index is 12.5. The number of carbonyl (C=O) groups is 1.